The second-order valence-corrected chi connectivity index (χ2v) is 6.10. The number of amidine groups is 1. The number of hydrogen-bond acceptors (Lipinski definition) is 5. The van der Waals surface area contributed by atoms with E-state index in [2.05, 4.69) is 20.9 Å². The predicted octanol–water partition coefficient (Wildman–Crippen LogP) is 2.36. The van der Waals surface area contributed by atoms with Gasteiger partial charge in [-0.15, -0.1) is 12.4 Å². The molecular weight excluding hydrogens is 352 g/mol. The van der Waals surface area contributed by atoms with E-state index in [1.54, 1.807) is 11.8 Å². The Labute approximate surface area is 130 Å². The van der Waals surface area contributed by atoms with Gasteiger partial charge in [0, 0.05) is 6.54 Å². The third-order valence-electron chi connectivity index (χ3n) is 3.03. The number of fused-ring (bicyclic) bond motifs is 1. The van der Waals surface area contributed by atoms with Crippen LogP contribution in [-0.2, 0) is 0 Å². The summed E-state index contributed by atoms with van der Waals surface area (Å²) in [5, 5.41) is 11.5. The van der Waals surface area contributed by atoms with Crippen molar-refractivity contribution in [2.24, 2.45) is 4.99 Å². The van der Waals surface area contributed by atoms with Crippen LogP contribution in [-0.4, -0.2) is 46.3 Å². The van der Waals surface area contributed by atoms with Crippen LogP contribution in [0.5, 0.6) is 5.75 Å². The van der Waals surface area contributed by atoms with Crippen molar-refractivity contribution in [1.29, 1.82) is 0 Å². The van der Waals surface area contributed by atoms with E-state index in [4.69, 9.17) is 4.74 Å². The quantitative estimate of drug-likeness (QED) is 0.893. The van der Waals surface area contributed by atoms with Crippen molar-refractivity contribution < 1.29 is 9.84 Å². The molecule has 104 valence electrons. The summed E-state index contributed by atoms with van der Waals surface area (Å²) in [5.74, 6) is 1.36. The molecule has 3 rings (SSSR count). The largest absolute Gasteiger partial charge is 0.487 e. The Morgan fingerprint density at radius 1 is 1.47 bits per heavy atom. The van der Waals surface area contributed by atoms with Crippen molar-refractivity contribution in [3.8, 4) is 5.75 Å². The second kappa shape index (κ2) is 5.91. The van der Waals surface area contributed by atoms with Gasteiger partial charge in [0.25, 0.3) is 0 Å². The lowest BCUT2D eigenvalue weighted by Crippen LogP contribution is -2.51. The van der Waals surface area contributed by atoms with Gasteiger partial charge in [-0.05, 0) is 28.1 Å². The van der Waals surface area contributed by atoms with E-state index in [1.165, 1.54) is 0 Å². The minimum Gasteiger partial charge on any atom is -0.487 e. The van der Waals surface area contributed by atoms with Crippen LogP contribution in [0.1, 0.15) is 0 Å². The highest BCUT2D eigenvalue weighted by Gasteiger charge is 2.45. The van der Waals surface area contributed by atoms with Gasteiger partial charge in [0.2, 0.25) is 0 Å². The number of ether oxygens (including phenoxy) is 1. The molecule has 0 saturated carbocycles. The summed E-state index contributed by atoms with van der Waals surface area (Å²) in [5.41, 5.74) is -0.935. The molecule has 1 unspecified atom stereocenters. The Morgan fingerprint density at radius 2 is 2.26 bits per heavy atom. The maximum Gasteiger partial charge on any atom is 0.184 e. The Hall–Kier alpha value is -0.430. The summed E-state index contributed by atoms with van der Waals surface area (Å²) in [6.45, 7) is 1.79. The average molecular weight is 366 g/mol. The van der Waals surface area contributed by atoms with Crippen LogP contribution in [0.25, 0.3) is 0 Å². The van der Waals surface area contributed by atoms with Gasteiger partial charge in [0.15, 0.2) is 10.9 Å². The molecule has 2 aliphatic rings. The topological polar surface area (TPSA) is 45.1 Å². The van der Waals surface area contributed by atoms with Crippen LogP contribution >= 0.6 is 40.1 Å². The molecule has 1 atom stereocenters. The number of para-hydroxylation sites is 1. The van der Waals surface area contributed by atoms with Crippen molar-refractivity contribution in [2.45, 2.75) is 5.72 Å². The maximum atomic E-state index is 10.6. The minimum atomic E-state index is -0.935. The van der Waals surface area contributed by atoms with Crippen LogP contribution in [0, 0.1) is 0 Å². The zero-order valence-electron chi connectivity index (χ0n) is 10.1. The summed E-state index contributed by atoms with van der Waals surface area (Å²) < 4.78 is 6.62. The van der Waals surface area contributed by atoms with Gasteiger partial charge >= 0.3 is 0 Å². The lowest BCUT2D eigenvalue weighted by Gasteiger charge is -2.31. The number of aliphatic hydroxyl groups is 1. The number of benzene rings is 1. The van der Waals surface area contributed by atoms with Gasteiger partial charge in [-0.2, -0.15) is 0 Å². The number of aliphatic imine (C=N–C) groups is 1. The fourth-order valence-corrected chi connectivity index (χ4v) is 3.67. The van der Waals surface area contributed by atoms with Crippen LogP contribution in [0.15, 0.2) is 33.7 Å². The molecule has 1 aromatic rings. The van der Waals surface area contributed by atoms with Crippen LogP contribution < -0.4 is 4.74 Å². The maximum absolute atomic E-state index is 10.6. The number of rotatable bonds is 3. The zero-order valence-corrected chi connectivity index (χ0v) is 13.3. The first-order valence-electron chi connectivity index (χ1n) is 5.74. The SMILES string of the molecule is Cl.OC1(COc2ccccc2Br)CSC2=NCCN21. The van der Waals surface area contributed by atoms with Crippen LogP contribution in [0.3, 0.4) is 0 Å². The minimum absolute atomic E-state index is 0. The number of halogens is 2. The number of nitrogens with zero attached hydrogens (tertiary/aromatic N) is 2. The molecule has 1 aromatic carbocycles. The molecule has 0 aliphatic carbocycles. The molecular formula is C12H14BrClN2O2S. The number of hydrogen-bond donors (Lipinski definition) is 1. The molecule has 1 saturated heterocycles. The van der Waals surface area contributed by atoms with Gasteiger partial charge < -0.3 is 14.7 Å². The summed E-state index contributed by atoms with van der Waals surface area (Å²) in [6.07, 6.45) is 0. The van der Waals surface area contributed by atoms with Crippen LogP contribution in [0.2, 0.25) is 0 Å². The highest BCUT2D eigenvalue weighted by Crippen LogP contribution is 2.34. The van der Waals surface area contributed by atoms with E-state index in [0.29, 0.717) is 5.75 Å². The van der Waals surface area contributed by atoms with E-state index >= 15 is 0 Å². The molecule has 0 spiro atoms. The predicted molar refractivity (Wildman–Crippen MR) is 83.3 cm³/mol. The van der Waals surface area contributed by atoms with Crippen molar-refractivity contribution >= 4 is 45.3 Å². The summed E-state index contributed by atoms with van der Waals surface area (Å²) in [7, 11) is 0. The number of thioether (sulfide) groups is 1. The van der Waals surface area contributed by atoms with Crippen molar-refractivity contribution in [2.75, 3.05) is 25.4 Å². The summed E-state index contributed by atoms with van der Waals surface area (Å²) >= 11 is 5.02. The standard InChI is InChI=1S/C12H13BrN2O2S.ClH/c13-9-3-1-2-4-10(9)17-7-12(16)8-18-11-14-5-6-15(11)12;/h1-4,16H,5-8H2;1H. The van der Waals surface area contributed by atoms with Crippen molar-refractivity contribution in [3.05, 3.63) is 28.7 Å². The van der Waals surface area contributed by atoms with Gasteiger partial charge in [-0.25, -0.2) is 0 Å². The van der Waals surface area contributed by atoms with Gasteiger partial charge in [-0.1, -0.05) is 23.9 Å². The molecule has 0 amide bonds. The Kier molecular flexibility index (Phi) is 4.66. The van der Waals surface area contributed by atoms with Crippen molar-refractivity contribution in [1.82, 2.24) is 4.90 Å². The fraction of sp³-hybridized carbons (Fsp3) is 0.417. The van der Waals surface area contributed by atoms with Gasteiger partial charge in [0.05, 0.1) is 16.8 Å². The molecule has 7 heteroatoms. The molecule has 0 radical (unpaired) electrons. The molecule has 1 N–H and O–H groups in total. The van der Waals surface area contributed by atoms with E-state index in [9.17, 15) is 5.11 Å². The van der Waals surface area contributed by atoms with E-state index in [0.717, 1.165) is 28.5 Å². The Bertz CT molecular complexity index is 502. The summed E-state index contributed by atoms with van der Waals surface area (Å²) in [6, 6.07) is 7.65. The highest BCUT2D eigenvalue weighted by atomic mass is 79.9. The normalized spacial score (nSPS) is 24.7. The first kappa shape index (κ1) is 15.0. The van der Waals surface area contributed by atoms with Gasteiger partial charge in [-0.3, -0.25) is 4.99 Å². The molecule has 19 heavy (non-hydrogen) atoms. The Morgan fingerprint density at radius 3 is 3.05 bits per heavy atom. The lowest BCUT2D eigenvalue weighted by molar-refractivity contribution is -0.0696. The first-order valence-corrected chi connectivity index (χ1v) is 7.51. The highest BCUT2D eigenvalue weighted by molar-refractivity contribution is 9.10. The summed E-state index contributed by atoms with van der Waals surface area (Å²) in [4.78, 5) is 6.29. The second-order valence-electron chi connectivity index (χ2n) is 4.31. The average Bonchev–Trinajstić information content (AvgIpc) is 2.94. The first-order chi connectivity index (χ1) is 8.69. The molecule has 2 aliphatic heterocycles. The van der Waals surface area contributed by atoms with Gasteiger partial charge in [0.1, 0.15) is 12.4 Å². The molecule has 1 fully saturated rings. The van der Waals surface area contributed by atoms with E-state index in [-0.39, 0.29) is 19.0 Å². The smallest absolute Gasteiger partial charge is 0.184 e. The van der Waals surface area contributed by atoms with E-state index in [1.807, 2.05) is 29.2 Å². The fourth-order valence-electron chi connectivity index (χ4n) is 2.07. The molecule has 0 bridgehead atoms. The third kappa shape index (κ3) is 2.86. The lowest BCUT2D eigenvalue weighted by atomic mass is 10.2. The van der Waals surface area contributed by atoms with Crippen LogP contribution in [0.4, 0.5) is 0 Å². The van der Waals surface area contributed by atoms with E-state index < -0.39 is 5.72 Å². The van der Waals surface area contributed by atoms with Crippen molar-refractivity contribution in [3.63, 3.8) is 0 Å². The zero-order chi connectivity index (χ0) is 12.6. The molecule has 4 nitrogen and oxygen atoms in total. The monoisotopic (exact) mass is 364 g/mol. The molecule has 0 aromatic heterocycles. The Balaban J connectivity index is 0.00000133. The molecule has 2 heterocycles. The third-order valence-corrected chi connectivity index (χ3v) is 4.90.